The Morgan fingerprint density at radius 3 is 2.50 bits per heavy atom. The molecule has 2 heterocycles. The second-order valence-corrected chi connectivity index (χ2v) is 11.3. The number of carbonyl (C=O) groups is 2. The average molecular weight is 563 g/mol. The van der Waals surface area contributed by atoms with Crippen LogP contribution in [-0.4, -0.2) is 77.6 Å². The highest BCUT2D eigenvalue weighted by atomic mass is 35.5. The first-order chi connectivity index (χ1) is 18.1. The van der Waals surface area contributed by atoms with Crippen LogP contribution in [0.3, 0.4) is 0 Å². The number of nitrogens with zero attached hydrogens (tertiary/aromatic N) is 4. The lowest BCUT2D eigenvalue weighted by molar-refractivity contribution is -0.126. The van der Waals surface area contributed by atoms with Gasteiger partial charge in [-0.05, 0) is 42.0 Å². The number of piperazine rings is 1. The molecule has 3 amide bonds. The Labute approximate surface area is 225 Å². The maximum atomic E-state index is 13.2. The minimum atomic E-state index is -3.69. The molecule has 1 fully saturated rings. The van der Waals surface area contributed by atoms with Crippen LogP contribution in [0.1, 0.15) is 11.3 Å². The number of hydrogen-bond donors (Lipinski definition) is 2. The van der Waals surface area contributed by atoms with Crippen molar-refractivity contribution in [1.29, 1.82) is 0 Å². The summed E-state index contributed by atoms with van der Waals surface area (Å²) in [5.74, 6) is -0.807. The Morgan fingerprint density at radius 2 is 1.82 bits per heavy atom. The lowest BCUT2D eigenvalue weighted by Crippen LogP contribution is -2.61. The second kappa shape index (κ2) is 11.9. The molecular formula is C25H28ClFN6O4S. The number of rotatable bonds is 8. The molecule has 4 rings (SSSR count). The Balaban J connectivity index is 1.37. The fraction of sp³-hybridized carbons (Fsp3) is 0.320. The Bertz CT molecular complexity index is 1380. The quantitative estimate of drug-likeness (QED) is 0.438. The predicted molar refractivity (Wildman–Crippen MR) is 142 cm³/mol. The number of urea groups is 1. The summed E-state index contributed by atoms with van der Waals surface area (Å²) in [6.45, 7) is 0.764. The minimum Gasteiger partial charge on any atom is -0.354 e. The van der Waals surface area contributed by atoms with Gasteiger partial charge in [0.2, 0.25) is 15.9 Å². The zero-order chi connectivity index (χ0) is 27.3. The zero-order valence-electron chi connectivity index (χ0n) is 20.7. The van der Waals surface area contributed by atoms with Gasteiger partial charge in [0.25, 0.3) is 0 Å². The Morgan fingerprint density at radius 1 is 1.11 bits per heavy atom. The SMILES string of the molecule is CS(=O)(=O)N1CCN(C(=O)Nc2ccc(Cl)cc2)CC1C(=O)NCCc1cncn1Cc1ccc(F)cc1. The van der Waals surface area contributed by atoms with Gasteiger partial charge in [-0.2, -0.15) is 4.31 Å². The molecule has 0 bridgehead atoms. The van der Waals surface area contributed by atoms with Crippen molar-refractivity contribution in [1.82, 2.24) is 24.1 Å². The van der Waals surface area contributed by atoms with Gasteiger partial charge in [-0.1, -0.05) is 23.7 Å². The molecule has 2 aromatic carbocycles. The first-order valence-corrected chi connectivity index (χ1v) is 14.1. The number of hydrogen-bond acceptors (Lipinski definition) is 5. The molecule has 202 valence electrons. The van der Waals surface area contributed by atoms with E-state index in [1.54, 1.807) is 48.9 Å². The number of sulfonamides is 1. The zero-order valence-corrected chi connectivity index (χ0v) is 22.3. The van der Waals surface area contributed by atoms with Crippen molar-refractivity contribution in [3.63, 3.8) is 0 Å². The Hall–Kier alpha value is -3.48. The van der Waals surface area contributed by atoms with E-state index in [0.717, 1.165) is 21.8 Å². The number of aromatic nitrogens is 2. The van der Waals surface area contributed by atoms with Gasteiger partial charge in [-0.3, -0.25) is 4.79 Å². The number of benzene rings is 2. The number of halogens is 2. The normalized spacial score (nSPS) is 16.3. The van der Waals surface area contributed by atoms with E-state index in [0.29, 0.717) is 23.7 Å². The maximum Gasteiger partial charge on any atom is 0.321 e. The number of anilines is 1. The fourth-order valence-electron chi connectivity index (χ4n) is 4.21. The molecule has 2 N–H and O–H groups in total. The summed E-state index contributed by atoms with van der Waals surface area (Å²) in [5, 5.41) is 6.07. The van der Waals surface area contributed by atoms with Gasteiger partial charge < -0.3 is 20.1 Å². The van der Waals surface area contributed by atoms with Crippen LogP contribution in [0.15, 0.2) is 61.1 Å². The van der Waals surface area contributed by atoms with Crippen LogP contribution in [0, 0.1) is 5.82 Å². The molecule has 1 aliphatic rings. The molecule has 0 radical (unpaired) electrons. The standard InChI is InChI=1S/C25H28ClFN6O4S/c1-38(36,37)33-13-12-31(25(35)30-21-8-4-19(26)5-9-21)16-23(33)24(34)29-11-10-22-14-28-17-32(22)15-18-2-6-20(27)7-3-18/h2-9,14,17,23H,10-13,15-16H2,1H3,(H,29,34)(H,30,35). The van der Waals surface area contributed by atoms with Crippen molar-refractivity contribution in [3.05, 3.63) is 83.2 Å². The van der Waals surface area contributed by atoms with E-state index in [-0.39, 0.29) is 32.0 Å². The second-order valence-electron chi connectivity index (χ2n) is 8.95. The van der Waals surface area contributed by atoms with Crippen LogP contribution in [0.25, 0.3) is 0 Å². The summed E-state index contributed by atoms with van der Waals surface area (Å²) >= 11 is 5.89. The Kier molecular flexibility index (Phi) is 8.65. The highest BCUT2D eigenvalue weighted by molar-refractivity contribution is 7.88. The molecule has 3 aromatic rings. The number of nitrogens with one attached hydrogen (secondary N) is 2. The van der Waals surface area contributed by atoms with Crippen molar-refractivity contribution in [2.45, 2.75) is 19.0 Å². The van der Waals surface area contributed by atoms with Crippen LogP contribution >= 0.6 is 11.6 Å². The maximum absolute atomic E-state index is 13.2. The first kappa shape index (κ1) is 27.6. The van der Waals surface area contributed by atoms with E-state index in [9.17, 15) is 22.4 Å². The molecule has 1 unspecified atom stereocenters. The number of imidazole rings is 1. The van der Waals surface area contributed by atoms with Gasteiger partial charge in [-0.25, -0.2) is 22.6 Å². The summed E-state index contributed by atoms with van der Waals surface area (Å²) in [7, 11) is -3.69. The summed E-state index contributed by atoms with van der Waals surface area (Å²) in [6, 6.07) is 11.2. The van der Waals surface area contributed by atoms with Crippen molar-refractivity contribution < 1.29 is 22.4 Å². The smallest absolute Gasteiger partial charge is 0.321 e. The van der Waals surface area contributed by atoms with Crippen LogP contribution in [0.5, 0.6) is 0 Å². The van der Waals surface area contributed by atoms with E-state index in [2.05, 4.69) is 15.6 Å². The fourth-order valence-corrected chi connectivity index (χ4v) is 5.38. The first-order valence-electron chi connectivity index (χ1n) is 11.9. The lowest BCUT2D eigenvalue weighted by atomic mass is 10.2. The molecule has 1 aliphatic heterocycles. The summed E-state index contributed by atoms with van der Waals surface area (Å²) < 4.78 is 41.0. The van der Waals surface area contributed by atoms with E-state index in [4.69, 9.17) is 11.6 Å². The van der Waals surface area contributed by atoms with E-state index < -0.39 is 28.0 Å². The van der Waals surface area contributed by atoms with Gasteiger partial charge in [0.05, 0.1) is 12.6 Å². The largest absolute Gasteiger partial charge is 0.354 e. The molecule has 13 heteroatoms. The van der Waals surface area contributed by atoms with Crippen LogP contribution < -0.4 is 10.6 Å². The molecule has 1 atom stereocenters. The highest BCUT2D eigenvalue weighted by Crippen LogP contribution is 2.18. The van der Waals surface area contributed by atoms with Gasteiger partial charge in [-0.15, -0.1) is 0 Å². The lowest BCUT2D eigenvalue weighted by Gasteiger charge is -2.38. The van der Waals surface area contributed by atoms with E-state index in [1.807, 2.05) is 4.57 Å². The molecule has 1 aromatic heterocycles. The molecular weight excluding hydrogens is 535 g/mol. The third-order valence-electron chi connectivity index (χ3n) is 6.19. The molecule has 1 saturated heterocycles. The third-order valence-corrected chi connectivity index (χ3v) is 7.73. The van der Waals surface area contributed by atoms with E-state index in [1.165, 1.54) is 17.0 Å². The van der Waals surface area contributed by atoms with Gasteiger partial charge in [0, 0.05) is 61.7 Å². The molecule has 10 nitrogen and oxygen atoms in total. The summed E-state index contributed by atoms with van der Waals surface area (Å²) in [6.07, 6.45) is 4.83. The van der Waals surface area contributed by atoms with E-state index >= 15 is 0 Å². The predicted octanol–water partition coefficient (Wildman–Crippen LogP) is 2.56. The van der Waals surface area contributed by atoms with Gasteiger partial charge in [0.15, 0.2) is 0 Å². The topological polar surface area (TPSA) is 117 Å². The number of carbonyl (C=O) groups excluding carboxylic acids is 2. The molecule has 38 heavy (non-hydrogen) atoms. The number of amides is 3. The van der Waals surface area contributed by atoms with Crippen molar-refractivity contribution in [2.24, 2.45) is 0 Å². The van der Waals surface area contributed by atoms with Gasteiger partial charge in [0.1, 0.15) is 11.9 Å². The monoisotopic (exact) mass is 562 g/mol. The minimum absolute atomic E-state index is 0.00457. The summed E-state index contributed by atoms with van der Waals surface area (Å²) in [4.78, 5) is 31.5. The summed E-state index contributed by atoms with van der Waals surface area (Å²) in [5.41, 5.74) is 2.28. The van der Waals surface area contributed by atoms with Crippen molar-refractivity contribution in [3.8, 4) is 0 Å². The van der Waals surface area contributed by atoms with Crippen LogP contribution in [-0.2, 0) is 27.8 Å². The molecule has 0 aliphatic carbocycles. The van der Waals surface area contributed by atoms with Crippen molar-refractivity contribution >= 4 is 39.2 Å². The van der Waals surface area contributed by atoms with Crippen molar-refractivity contribution in [2.75, 3.05) is 37.8 Å². The van der Waals surface area contributed by atoms with Crippen LogP contribution in [0.2, 0.25) is 5.02 Å². The highest BCUT2D eigenvalue weighted by Gasteiger charge is 2.38. The average Bonchev–Trinajstić information content (AvgIpc) is 3.32. The third kappa shape index (κ3) is 7.09. The molecule has 0 spiro atoms. The van der Waals surface area contributed by atoms with Crippen LogP contribution in [0.4, 0.5) is 14.9 Å². The van der Waals surface area contributed by atoms with Gasteiger partial charge >= 0.3 is 6.03 Å². The molecule has 0 saturated carbocycles.